The highest BCUT2D eigenvalue weighted by Crippen LogP contribution is 2.36. The highest BCUT2D eigenvalue weighted by molar-refractivity contribution is 5.66. The molecule has 0 spiro atoms. The first-order chi connectivity index (χ1) is 28.2. The molecule has 24 atom stereocenters. The van der Waals surface area contributed by atoms with Gasteiger partial charge in [0, 0.05) is 19.4 Å². The van der Waals surface area contributed by atoms with Gasteiger partial charge >= 0.3 is 5.97 Å². The number of rotatable bonds is 19. The summed E-state index contributed by atoms with van der Waals surface area (Å²) in [4.78, 5) is 12.5. The second-order valence-electron chi connectivity index (χ2n) is 15.8. The van der Waals surface area contributed by atoms with E-state index in [1.54, 1.807) is 6.92 Å². The maximum Gasteiger partial charge on any atom is 0.303 e. The van der Waals surface area contributed by atoms with Crippen molar-refractivity contribution in [3.63, 3.8) is 0 Å². The number of esters is 1. The quantitative estimate of drug-likeness (QED) is 0.0428. The van der Waals surface area contributed by atoms with Gasteiger partial charge in [0.2, 0.25) is 0 Å². The average Bonchev–Trinajstić information content (AvgIpc) is 3.20. The van der Waals surface area contributed by atoms with Crippen LogP contribution in [0.1, 0.15) is 54.9 Å². The third-order valence-corrected chi connectivity index (χ3v) is 10.9. The fourth-order valence-corrected chi connectivity index (χ4v) is 7.14. The molecule has 0 aromatic heterocycles. The second kappa shape index (κ2) is 23.0. The molecule has 4 heterocycles. The van der Waals surface area contributed by atoms with Gasteiger partial charge in [-0.25, -0.2) is 0 Å². The lowest BCUT2D eigenvalue weighted by Gasteiger charge is -2.49. The van der Waals surface area contributed by atoms with Crippen LogP contribution in [0.4, 0.5) is 0 Å². The molecule has 0 bridgehead atoms. The van der Waals surface area contributed by atoms with Crippen LogP contribution in [-0.4, -0.2) is 230 Å². The molecule has 0 saturated carbocycles. The number of aliphatic hydroxyl groups excluding tert-OH is 11. The van der Waals surface area contributed by atoms with Gasteiger partial charge in [-0.1, -0.05) is 13.8 Å². The minimum Gasteiger partial charge on any atom is -0.454 e. The van der Waals surface area contributed by atoms with E-state index in [1.807, 2.05) is 6.92 Å². The Morgan fingerprint density at radius 3 is 1.77 bits per heavy atom. The van der Waals surface area contributed by atoms with Crippen LogP contribution in [0.5, 0.6) is 0 Å². The van der Waals surface area contributed by atoms with Crippen molar-refractivity contribution >= 4 is 5.97 Å². The lowest BCUT2D eigenvalue weighted by atomic mass is 9.96. The monoisotopic (exact) mass is 878 g/mol. The minimum atomic E-state index is -1.95. The zero-order valence-electron chi connectivity index (χ0n) is 34.7. The van der Waals surface area contributed by atoms with E-state index < -0.39 is 166 Å². The zero-order chi connectivity index (χ0) is 44.7. The van der Waals surface area contributed by atoms with Gasteiger partial charge in [0.15, 0.2) is 37.6 Å². The van der Waals surface area contributed by atoms with Crippen molar-refractivity contribution in [2.24, 2.45) is 5.92 Å². The molecule has 0 aliphatic carbocycles. The van der Waals surface area contributed by atoms with Gasteiger partial charge in [0.25, 0.3) is 0 Å². The number of hydrogen-bond acceptors (Lipinski definition) is 23. The third-order valence-electron chi connectivity index (χ3n) is 10.9. The average molecular weight is 879 g/mol. The topological polar surface area (TPSA) is 341 Å². The fraction of sp³-hybridized carbons (Fsp3) is 0.973. The van der Waals surface area contributed by atoms with Crippen molar-refractivity contribution < 1.29 is 113 Å². The van der Waals surface area contributed by atoms with Crippen molar-refractivity contribution in [2.45, 2.75) is 196 Å². The van der Waals surface area contributed by atoms with E-state index in [0.29, 0.717) is 6.42 Å². The molecule has 4 saturated heterocycles. The SMILES string of the molecule is CCCO[C@H](OC(CO)[C@H](C)O)[C@@H](C)CO[C@@H]1OC(C)[C@H](O)C(O[C@@H]2OC(C)[C@H](O)C(O)[C@@H]2O[C@@H]2OC(C)[C@H](O)C(O[C@H]3O[C@@H](CO)[C@@H](O)C(O)C3O)[C@@H]2O)[C@@H]1OC(C)=O. The van der Waals surface area contributed by atoms with Crippen LogP contribution >= 0.6 is 0 Å². The van der Waals surface area contributed by atoms with E-state index in [1.165, 1.54) is 27.7 Å². The molecule has 0 aromatic carbocycles. The van der Waals surface area contributed by atoms with Crippen molar-refractivity contribution in [1.29, 1.82) is 0 Å². The van der Waals surface area contributed by atoms with Crippen LogP contribution in [0.3, 0.4) is 0 Å². The molecular weight excluding hydrogens is 812 g/mol. The molecule has 60 heavy (non-hydrogen) atoms. The Hall–Kier alpha value is -1.37. The van der Waals surface area contributed by atoms with Crippen LogP contribution in [0.2, 0.25) is 0 Å². The molecule has 4 rings (SSSR count). The van der Waals surface area contributed by atoms with E-state index in [-0.39, 0.29) is 13.2 Å². The van der Waals surface area contributed by atoms with Gasteiger partial charge < -0.3 is 108 Å². The number of ether oxygens (including phenoxy) is 11. The normalized spacial score (nSPS) is 44.8. The van der Waals surface area contributed by atoms with Crippen LogP contribution in [0, 0.1) is 5.92 Å². The van der Waals surface area contributed by atoms with Crippen molar-refractivity contribution in [1.82, 2.24) is 0 Å². The molecule has 352 valence electrons. The molecule has 4 fully saturated rings. The van der Waals surface area contributed by atoms with Gasteiger partial charge in [0.1, 0.15) is 79.4 Å². The maximum absolute atomic E-state index is 12.5. The highest BCUT2D eigenvalue weighted by Gasteiger charge is 2.55. The first-order valence-electron chi connectivity index (χ1n) is 20.2. The predicted molar refractivity (Wildman–Crippen MR) is 196 cm³/mol. The Morgan fingerprint density at radius 1 is 0.633 bits per heavy atom. The Kier molecular flexibility index (Phi) is 19.7. The summed E-state index contributed by atoms with van der Waals surface area (Å²) in [5.74, 6) is -1.39. The molecule has 11 N–H and O–H groups in total. The number of aliphatic hydroxyl groups is 11. The standard InChI is InChI=1S/C37H66O23/c1-8-9-50-33(56-19(10-38)14(3)40)13(2)12-51-36-32(55-18(7)41)30(23(44)17(6)53-36)59-37-31(26(47)21(42)15(4)54-37)60-35-28(49)29(22(43)16(5)52-35)58-34-27(48)25(46)24(45)20(11-39)57-34/h13-17,19-40,42-49H,8-12H2,1-7H3/t13-,14-,15?,16?,17?,19?,20-,21-,22-,23-,24+,25?,26?,27?,28-,29?,30?,31-,32-,33+,34+,35-,36+,37-/m0/s1. The van der Waals surface area contributed by atoms with Crippen molar-refractivity contribution in [3.05, 3.63) is 0 Å². The predicted octanol–water partition coefficient (Wildman–Crippen LogP) is -4.92. The van der Waals surface area contributed by atoms with E-state index >= 15 is 0 Å². The van der Waals surface area contributed by atoms with Crippen molar-refractivity contribution in [3.8, 4) is 0 Å². The summed E-state index contributed by atoms with van der Waals surface area (Å²) in [7, 11) is 0. The molecule has 23 nitrogen and oxygen atoms in total. The van der Waals surface area contributed by atoms with Gasteiger partial charge in [-0.15, -0.1) is 0 Å². The summed E-state index contributed by atoms with van der Waals surface area (Å²) >= 11 is 0. The van der Waals surface area contributed by atoms with E-state index in [2.05, 4.69) is 0 Å². The van der Waals surface area contributed by atoms with Crippen LogP contribution in [0.15, 0.2) is 0 Å². The van der Waals surface area contributed by atoms with Gasteiger partial charge in [-0.2, -0.15) is 0 Å². The molecule has 4 aliphatic heterocycles. The van der Waals surface area contributed by atoms with Gasteiger partial charge in [-0.05, 0) is 34.1 Å². The first-order valence-corrected chi connectivity index (χ1v) is 20.2. The Morgan fingerprint density at radius 2 is 1.18 bits per heavy atom. The summed E-state index contributed by atoms with van der Waals surface area (Å²) < 4.78 is 64.2. The molecule has 0 amide bonds. The van der Waals surface area contributed by atoms with E-state index in [4.69, 9.17) is 52.1 Å². The lowest BCUT2D eigenvalue weighted by molar-refractivity contribution is -0.394. The Bertz CT molecular complexity index is 1280. The molecule has 0 radical (unpaired) electrons. The van der Waals surface area contributed by atoms with E-state index in [0.717, 1.165) is 6.92 Å². The summed E-state index contributed by atoms with van der Waals surface area (Å²) in [6.07, 6.45) is -34.2. The Labute approximate surface area is 347 Å². The summed E-state index contributed by atoms with van der Waals surface area (Å²) in [5, 5.41) is 116. The van der Waals surface area contributed by atoms with Crippen LogP contribution < -0.4 is 0 Å². The lowest BCUT2D eigenvalue weighted by Crippen LogP contribution is -2.67. The van der Waals surface area contributed by atoms with Gasteiger partial charge in [-0.3, -0.25) is 4.79 Å². The fourth-order valence-electron chi connectivity index (χ4n) is 7.14. The first kappa shape index (κ1) is 51.3. The number of carbonyl (C=O) groups excluding carboxylic acids is 1. The zero-order valence-corrected chi connectivity index (χ0v) is 34.7. The molecular formula is C37H66O23. The summed E-state index contributed by atoms with van der Waals surface area (Å²) in [6, 6.07) is 0. The summed E-state index contributed by atoms with van der Waals surface area (Å²) in [6.45, 7) is 9.25. The van der Waals surface area contributed by atoms with E-state index in [9.17, 15) is 61.0 Å². The van der Waals surface area contributed by atoms with Crippen LogP contribution in [-0.2, 0) is 56.9 Å². The molecule has 4 aliphatic rings. The maximum atomic E-state index is 12.5. The van der Waals surface area contributed by atoms with Gasteiger partial charge in [0.05, 0.1) is 44.2 Å². The number of hydrogen-bond donors (Lipinski definition) is 11. The largest absolute Gasteiger partial charge is 0.454 e. The smallest absolute Gasteiger partial charge is 0.303 e. The van der Waals surface area contributed by atoms with Crippen molar-refractivity contribution in [2.75, 3.05) is 26.4 Å². The molecule has 23 heteroatoms. The van der Waals surface area contributed by atoms with Crippen LogP contribution in [0.25, 0.3) is 0 Å². The Balaban J connectivity index is 1.56. The molecule has 9 unspecified atom stereocenters. The highest BCUT2D eigenvalue weighted by atomic mass is 16.8. The second-order valence-corrected chi connectivity index (χ2v) is 15.8. The molecule has 0 aromatic rings. The minimum absolute atomic E-state index is 0.161. The number of carbonyl (C=O) groups is 1. The third kappa shape index (κ3) is 12.2. The summed E-state index contributed by atoms with van der Waals surface area (Å²) in [5.41, 5.74) is 0.